The van der Waals surface area contributed by atoms with E-state index >= 15 is 0 Å². The lowest BCUT2D eigenvalue weighted by Crippen LogP contribution is -2.51. The molecule has 5 nitrogen and oxygen atoms in total. The van der Waals surface area contributed by atoms with E-state index in [9.17, 15) is 9.90 Å². The molecule has 0 fully saturated rings. The molecule has 1 unspecified atom stereocenters. The van der Waals surface area contributed by atoms with Crippen LogP contribution in [0.25, 0.3) is 0 Å². The first-order valence-electron chi connectivity index (χ1n) is 6.31. The number of carbonyl (C=O) groups excluding carboxylic acids is 1. The molecular formula is C15H15N3O2. The molecular weight excluding hydrogens is 254 g/mol. The Morgan fingerprint density at radius 2 is 1.90 bits per heavy atom. The van der Waals surface area contributed by atoms with E-state index in [1.807, 2.05) is 18.2 Å². The molecule has 0 radical (unpaired) electrons. The van der Waals surface area contributed by atoms with Crippen molar-refractivity contribution in [3.05, 3.63) is 65.5 Å². The third-order valence-corrected chi connectivity index (χ3v) is 3.50. The molecule has 1 aliphatic rings. The number of amides is 1. The van der Waals surface area contributed by atoms with Crippen molar-refractivity contribution in [2.24, 2.45) is 0 Å². The van der Waals surface area contributed by atoms with Crippen molar-refractivity contribution in [3.63, 3.8) is 0 Å². The normalized spacial score (nSPS) is 21.4. The minimum Gasteiger partial charge on any atom is -0.362 e. The van der Waals surface area contributed by atoms with Gasteiger partial charge in [-0.05, 0) is 6.07 Å². The first-order valence-corrected chi connectivity index (χ1v) is 6.31. The third kappa shape index (κ3) is 1.57. The van der Waals surface area contributed by atoms with Crippen LogP contribution < -0.4 is 0 Å². The Balaban J connectivity index is 2.28. The smallest absolute Gasteiger partial charge is 0.273 e. The van der Waals surface area contributed by atoms with Crippen LogP contribution in [0, 0.1) is 0 Å². The standard InChI is InChI=1S/C15H15N3O2/c1-17(2)18-14(19)12-10-16-9-8-13(12)15(18,20)11-6-4-3-5-7-11/h3-10,20H,1-2H3. The van der Waals surface area contributed by atoms with Crippen LogP contribution in [0.5, 0.6) is 0 Å². The highest BCUT2D eigenvalue weighted by atomic mass is 16.3. The number of hydrazine groups is 1. The molecule has 0 bridgehead atoms. The fourth-order valence-electron chi connectivity index (χ4n) is 2.66. The van der Waals surface area contributed by atoms with Gasteiger partial charge in [0.2, 0.25) is 5.72 Å². The van der Waals surface area contributed by atoms with E-state index in [-0.39, 0.29) is 5.91 Å². The van der Waals surface area contributed by atoms with Gasteiger partial charge in [-0.1, -0.05) is 30.3 Å². The lowest BCUT2D eigenvalue weighted by Gasteiger charge is -2.38. The highest BCUT2D eigenvalue weighted by Gasteiger charge is 2.51. The van der Waals surface area contributed by atoms with Crippen LogP contribution in [0.4, 0.5) is 0 Å². The van der Waals surface area contributed by atoms with Crippen molar-refractivity contribution < 1.29 is 9.90 Å². The fourth-order valence-corrected chi connectivity index (χ4v) is 2.66. The summed E-state index contributed by atoms with van der Waals surface area (Å²) in [6, 6.07) is 10.8. The number of rotatable bonds is 2. The van der Waals surface area contributed by atoms with E-state index in [2.05, 4.69) is 4.98 Å². The molecule has 1 atom stereocenters. The van der Waals surface area contributed by atoms with Crippen molar-refractivity contribution in [2.75, 3.05) is 14.1 Å². The van der Waals surface area contributed by atoms with E-state index in [1.54, 1.807) is 43.5 Å². The van der Waals surface area contributed by atoms with Crippen LogP contribution in [0.1, 0.15) is 21.5 Å². The Labute approximate surface area is 117 Å². The summed E-state index contributed by atoms with van der Waals surface area (Å²) in [7, 11) is 3.45. The molecule has 5 heteroatoms. The molecule has 102 valence electrons. The lowest BCUT2D eigenvalue weighted by atomic mass is 9.95. The monoisotopic (exact) mass is 269 g/mol. The summed E-state index contributed by atoms with van der Waals surface area (Å²) in [4.78, 5) is 16.5. The number of carbonyl (C=O) groups is 1. The second kappa shape index (κ2) is 4.40. The van der Waals surface area contributed by atoms with Gasteiger partial charge in [-0.3, -0.25) is 9.78 Å². The quantitative estimate of drug-likeness (QED) is 0.890. The van der Waals surface area contributed by atoms with Crippen LogP contribution in [-0.2, 0) is 5.72 Å². The second-order valence-corrected chi connectivity index (χ2v) is 4.92. The van der Waals surface area contributed by atoms with Gasteiger partial charge in [-0.2, -0.15) is 0 Å². The summed E-state index contributed by atoms with van der Waals surface area (Å²) in [5, 5.41) is 14.2. The SMILES string of the molecule is CN(C)N1C(=O)c2cnccc2C1(O)c1ccccc1. The zero-order valence-electron chi connectivity index (χ0n) is 11.3. The van der Waals surface area contributed by atoms with Gasteiger partial charge in [0, 0.05) is 37.6 Å². The number of aromatic nitrogens is 1. The van der Waals surface area contributed by atoms with Crippen LogP contribution in [-0.4, -0.2) is 40.1 Å². The van der Waals surface area contributed by atoms with Gasteiger partial charge >= 0.3 is 0 Å². The van der Waals surface area contributed by atoms with Crippen molar-refractivity contribution in [2.45, 2.75) is 5.72 Å². The highest BCUT2D eigenvalue weighted by Crippen LogP contribution is 2.41. The molecule has 1 N–H and O–H groups in total. The molecule has 20 heavy (non-hydrogen) atoms. The lowest BCUT2D eigenvalue weighted by molar-refractivity contribution is -0.136. The van der Waals surface area contributed by atoms with E-state index < -0.39 is 5.72 Å². The maximum Gasteiger partial charge on any atom is 0.273 e. The number of nitrogens with zero attached hydrogens (tertiary/aromatic N) is 3. The van der Waals surface area contributed by atoms with E-state index in [4.69, 9.17) is 0 Å². The van der Waals surface area contributed by atoms with Gasteiger partial charge in [0.25, 0.3) is 5.91 Å². The zero-order chi connectivity index (χ0) is 14.3. The second-order valence-electron chi connectivity index (χ2n) is 4.92. The average Bonchev–Trinajstić information content (AvgIpc) is 2.70. The summed E-state index contributed by atoms with van der Waals surface area (Å²) in [6.07, 6.45) is 3.08. The van der Waals surface area contributed by atoms with Crippen molar-refractivity contribution in [1.82, 2.24) is 15.0 Å². The summed E-state index contributed by atoms with van der Waals surface area (Å²) < 4.78 is 0. The Hall–Kier alpha value is -2.24. The van der Waals surface area contributed by atoms with Gasteiger partial charge in [-0.15, -0.1) is 0 Å². The molecule has 3 rings (SSSR count). The molecule has 1 aromatic heterocycles. The minimum absolute atomic E-state index is 0.260. The van der Waals surface area contributed by atoms with Crippen LogP contribution in [0.3, 0.4) is 0 Å². The van der Waals surface area contributed by atoms with E-state index in [1.165, 1.54) is 11.2 Å². The Morgan fingerprint density at radius 1 is 1.20 bits per heavy atom. The molecule has 0 spiro atoms. The predicted molar refractivity (Wildman–Crippen MR) is 73.5 cm³/mol. The summed E-state index contributed by atoms with van der Waals surface area (Å²) >= 11 is 0. The molecule has 2 heterocycles. The summed E-state index contributed by atoms with van der Waals surface area (Å²) in [5.74, 6) is -0.260. The summed E-state index contributed by atoms with van der Waals surface area (Å²) in [5.41, 5.74) is 0.122. The van der Waals surface area contributed by atoms with Crippen molar-refractivity contribution in [1.29, 1.82) is 0 Å². The van der Waals surface area contributed by atoms with Gasteiger partial charge < -0.3 is 5.11 Å². The maximum absolute atomic E-state index is 12.5. The molecule has 0 saturated carbocycles. The average molecular weight is 269 g/mol. The Morgan fingerprint density at radius 3 is 2.55 bits per heavy atom. The van der Waals surface area contributed by atoms with E-state index in [0.29, 0.717) is 16.7 Å². The highest BCUT2D eigenvalue weighted by molar-refractivity contribution is 5.99. The Bertz CT molecular complexity index is 657. The zero-order valence-corrected chi connectivity index (χ0v) is 11.3. The molecule has 0 saturated heterocycles. The molecule has 0 aliphatic carbocycles. The van der Waals surface area contributed by atoms with Crippen LogP contribution in [0.2, 0.25) is 0 Å². The van der Waals surface area contributed by atoms with Crippen molar-refractivity contribution in [3.8, 4) is 0 Å². The number of hydrogen-bond donors (Lipinski definition) is 1. The molecule has 1 aliphatic heterocycles. The van der Waals surface area contributed by atoms with Crippen LogP contribution >= 0.6 is 0 Å². The van der Waals surface area contributed by atoms with Gasteiger partial charge in [-0.25, -0.2) is 10.0 Å². The van der Waals surface area contributed by atoms with Gasteiger partial charge in [0.05, 0.1) is 5.56 Å². The van der Waals surface area contributed by atoms with E-state index in [0.717, 1.165) is 0 Å². The topological polar surface area (TPSA) is 56.7 Å². The number of aliphatic hydroxyl groups is 1. The number of pyridine rings is 1. The fraction of sp³-hybridized carbons (Fsp3) is 0.200. The Kier molecular flexibility index (Phi) is 2.81. The first-order chi connectivity index (χ1) is 9.56. The molecule has 1 amide bonds. The predicted octanol–water partition coefficient (Wildman–Crippen LogP) is 1.21. The van der Waals surface area contributed by atoms with Gasteiger partial charge in [0.1, 0.15) is 0 Å². The third-order valence-electron chi connectivity index (χ3n) is 3.50. The summed E-state index contributed by atoms with van der Waals surface area (Å²) in [6.45, 7) is 0. The minimum atomic E-state index is -1.50. The maximum atomic E-state index is 12.5. The first kappa shape index (κ1) is 12.8. The van der Waals surface area contributed by atoms with Crippen molar-refractivity contribution >= 4 is 5.91 Å². The van der Waals surface area contributed by atoms with Crippen LogP contribution in [0.15, 0.2) is 48.8 Å². The molecule has 2 aromatic rings. The number of benzene rings is 1. The largest absolute Gasteiger partial charge is 0.362 e. The number of fused-ring (bicyclic) bond motifs is 1. The number of hydrogen-bond acceptors (Lipinski definition) is 4. The van der Waals surface area contributed by atoms with Gasteiger partial charge in [0.15, 0.2) is 0 Å². The molecule has 1 aromatic carbocycles.